The highest BCUT2D eigenvalue weighted by Gasteiger charge is 2.06. The summed E-state index contributed by atoms with van der Waals surface area (Å²) < 4.78 is 1.61. The number of aryl methyl sites for hydroxylation is 1. The first-order chi connectivity index (χ1) is 7.13. The summed E-state index contributed by atoms with van der Waals surface area (Å²) in [6.45, 7) is 1.96. The number of aromatic nitrogens is 3. The van der Waals surface area contributed by atoms with Gasteiger partial charge >= 0.3 is 0 Å². The van der Waals surface area contributed by atoms with Gasteiger partial charge in [-0.25, -0.2) is 15.0 Å². The number of nitrogens with zero attached hydrogens (tertiary/aromatic N) is 3. The summed E-state index contributed by atoms with van der Waals surface area (Å²) in [6, 6.07) is 1.66. The Kier molecular flexibility index (Phi) is 3.22. The van der Waals surface area contributed by atoms with E-state index in [0.717, 1.165) is 10.0 Å². The lowest BCUT2D eigenvalue weighted by molar-refractivity contribution is 0.955. The molecule has 2 aromatic heterocycles. The molecule has 2 aromatic rings. The number of nitrogens with two attached hydrogens (primary N) is 1. The lowest BCUT2D eigenvalue weighted by atomic mass is 10.6. The molecule has 0 saturated carbocycles. The minimum absolute atomic E-state index is 0.452. The number of halogens is 1. The SMILES string of the molecule is Cc1csc(Sc2nc(N)cc(Br)n2)n1. The average Bonchev–Trinajstić information content (AvgIpc) is 2.49. The Morgan fingerprint density at radius 1 is 1.40 bits per heavy atom. The summed E-state index contributed by atoms with van der Waals surface area (Å²) >= 11 is 6.25. The Balaban J connectivity index is 2.24. The number of hydrogen-bond donors (Lipinski definition) is 1. The van der Waals surface area contributed by atoms with Crippen LogP contribution in [0.5, 0.6) is 0 Å². The van der Waals surface area contributed by atoms with Gasteiger partial charge in [0.25, 0.3) is 0 Å². The highest BCUT2D eigenvalue weighted by Crippen LogP contribution is 2.28. The van der Waals surface area contributed by atoms with E-state index < -0.39 is 0 Å². The largest absolute Gasteiger partial charge is 0.384 e. The number of hydrogen-bond acceptors (Lipinski definition) is 6. The quantitative estimate of drug-likeness (QED) is 0.682. The van der Waals surface area contributed by atoms with Crippen LogP contribution in [-0.4, -0.2) is 15.0 Å². The fourth-order valence-electron chi connectivity index (χ4n) is 0.916. The van der Waals surface area contributed by atoms with Crippen molar-refractivity contribution in [2.24, 2.45) is 0 Å². The van der Waals surface area contributed by atoms with Crippen molar-refractivity contribution in [2.45, 2.75) is 16.4 Å². The summed E-state index contributed by atoms with van der Waals surface area (Å²) in [4.78, 5) is 12.6. The molecule has 2 N–H and O–H groups in total. The summed E-state index contributed by atoms with van der Waals surface area (Å²) in [6.07, 6.45) is 0. The zero-order valence-corrected chi connectivity index (χ0v) is 11.0. The van der Waals surface area contributed by atoms with Crippen molar-refractivity contribution in [2.75, 3.05) is 5.73 Å². The molecule has 7 heteroatoms. The molecule has 0 aliphatic rings. The molecule has 2 heterocycles. The van der Waals surface area contributed by atoms with Crippen LogP contribution in [0.1, 0.15) is 5.69 Å². The number of anilines is 1. The smallest absolute Gasteiger partial charge is 0.197 e. The third kappa shape index (κ3) is 2.90. The molecule has 15 heavy (non-hydrogen) atoms. The third-order valence-corrected chi connectivity index (χ3v) is 3.80. The van der Waals surface area contributed by atoms with Crippen LogP contribution in [0.4, 0.5) is 5.82 Å². The van der Waals surface area contributed by atoms with Crippen molar-refractivity contribution in [3.05, 3.63) is 21.7 Å². The van der Waals surface area contributed by atoms with Gasteiger partial charge in [-0.15, -0.1) is 11.3 Å². The van der Waals surface area contributed by atoms with E-state index in [-0.39, 0.29) is 0 Å². The summed E-state index contributed by atoms with van der Waals surface area (Å²) in [5, 5.41) is 2.60. The van der Waals surface area contributed by atoms with Crippen LogP contribution in [0.2, 0.25) is 0 Å². The Morgan fingerprint density at radius 3 is 2.80 bits per heavy atom. The van der Waals surface area contributed by atoms with Crippen LogP contribution in [0.15, 0.2) is 25.5 Å². The van der Waals surface area contributed by atoms with E-state index in [0.29, 0.717) is 15.6 Å². The zero-order valence-electron chi connectivity index (χ0n) is 7.77. The van der Waals surface area contributed by atoms with Gasteiger partial charge in [0, 0.05) is 17.1 Å². The van der Waals surface area contributed by atoms with Gasteiger partial charge in [0.1, 0.15) is 10.4 Å². The number of thiazole rings is 1. The lowest BCUT2D eigenvalue weighted by Gasteiger charge is -1.98. The van der Waals surface area contributed by atoms with Gasteiger partial charge in [-0.05, 0) is 34.6 Å². The van der Waals surface area contributed by atoms with Crippen molar-refractivity contribution in [1.82, 2.24) is 15.0 Å². The molecule has 78 valence electrons. The van der Waals surface area contributed by atoms with E-state index in [1.165, 1.54) is 11.8 Å². The van der Waals surface area contributed by atoms with Crippen LogP contribution in [0, 0.1) is 6.92 Å². The first kappa shape index (κ1) is 10.8. The van der Waals surface area contributed by atoms with Crippen molar-refractivity contribution in [1.29, 1.82) is 0 Å². The molecule has 0 fully saturated rings. The fraction of sp³-hybridized carbons (Fsp3) is 0.125. The van der Waals surface area contributed by atoms with Gasteiger partial charge < -0.3 is 5.73 Å². The molecular weight excluding hydrogens is 296 g/mol. The van der Waals surface area contributed by atoms with Crippen LogP contribution in [0.25, 0.3) is 0 Å². The van der Waals surface area contributed by atoms with E-state index in [4.69, 9.17) is 5.73 Å². The number of rotatable bonds is 2. The Bertz CT molecular complexity index is 465. The molecule has 0 bridgehead atoms. The van der Waals surface area contributed by atoms with E-state index in [2.05, 4.69) is 30.9 Å². The van der Waals surface area contributed by atoms with Crippen molar-refractivity contribution in [3.8, 4) is 0 Å². The topological polar surface area (TPSA) is 64.7 Å². The summed E-state index contributed by atoms with van der Waals surface area (Å²) in [5.41, 5.74) is 6.61. The van der Waals surface area contributed by atoms with E-state index >= 15 is 0 Å². The molecule has 0 aromatic carbocycles. The molecule has 0 aliphatic carbocycles. The second-order valence-corrected chi connectivity index (χ2v) is 5.64. The standard InChI is InChI=1S/C8H7BrN4S2/c1-4-3-14-8(11-4)15-7-12-5(9)2-6(10)13-7/h2-3H,1H3,(H2,10,12,13). The molecular formula is C8H7BrN4S2. The first-order valence-corrected chi connectivity index (χ1v) is 6.52. The second-order valence-electron chi connectivity index (χ2n) is 2.75. The molecule has 0 saturated heterocycles. The average molecular weight is 303 g/mol. The monoisotopic (exact) mass is 302 g/mol. The van der Waals surface area contributed by atoms with Crippen LogP contribution in [-0.2, 0) is 0 Å². The van der Waals surface area contributed by atoms with Gasteiger partial charge in [0.05, 0.1) is 0 Å². The van der Waals surface area contributed by atoms with Crippen LogP contribution in [0.3, 0.4) is 0 Å². The van der Waals surface area contributed by atoms with Gasteiger partial charge in [-0.3, -0.25) is 0 Å². The third-order valence-electron chi connectivity index (χ3n) is 1.47. The predicted octanol–water partition coefficient (Wildman–Crippen LogP) is 2.74. The molecule has 0 aliphatic heterocycles. The van der Waals surface area contributed by atoms with Crippen LogP contribution >= 0.6 is 39.0 Å². The van der Waals surface area contributed by atoms with Crippen LogP contribution < -0.4 is 5.73 Å². The first-order valence-electron chi connectivity index (χ1n) is 4.03. The fourth-order valence-corrected chi connectivity index (χ4v) is 3.16. The molecule has 0 amide bonds. The molecule has 0 unspecified atom stereocenters. The maximum absolute atomic E-state index is 5.61. The maximum Gasteiger partial charge on any atom is 0.197 e. The van der Waals surface area contributed by atoms with E-state index in [1.54, 1.807) is 17.4 Å². The second kappa shape index (κ2) is 4.46. The van der Waals surface area contributed by atoms with E-state index in [9.17, 15) is 0 Å². The minimum Gasteiger partial charge on any atom is -0.384 e. The Labute approximate surface area is 103 Å². The molecule has 0 atom stereocenters. The molecule has 0 radical (unpaired) electrons. The molecule has 4 nitrogen and oxygen atoms in total. The van der Waals surface area contributed by atoms with Crippen molar-refractivity contribution >= 4 is 44.8 Å². The Morgan fingerprint density at radius 2 is 2.20 bits per heavy atom. The number of nitrogen functional groups attached to an aromatic ring is 1. The molecule has 0 spiro atoms. The van der Waals surface area contributed by atoms with Gasteiger partial charge in [0.2, 0.25) is 0 Å². The summed E-state index contributed by atoms with van der Waals surface area (Å²) in [7, 11) is 0. The van der Waals surface area contributed by atoms with Crippen molar-refractivity contribution in [3.63, 3.8) is 0 Å². The normalized spacial score (nSPS) is 10.5. The van der Waals surface area contributed by atoms with Crippen molar-refractivity contribution < 1.29 is 0 Å². The highest BCUT2D eigenvalue weighted by atomic mass is 79.9. The predicted molar refractivity (Wildman–Crippen MR) is 65.1 cm³/mol. The Hall–Kier alpha value is -0.660. The minimum atomic E-state index is 0.452. The van der Waals surface area contributed by atoms with Gasteiger partial charge in [-0.2, -0.15) is 0 Å². The maximum atomic E-state index is 5.61. The molecule has 2 rings (SSSR count). The lowest BCUT2D eigenvalue weighted by Crippen LogP contribution is -1.94. The van der Waals surface area contributed by atoms with Gasteiger partial charge in [0.15, 0.2) is 9.50 Å². The summed E-state index contributed by atoms with van der Waals surface area (Å²) in [5.74, 6) is 0.452. The van der Waals surface area contributed by atoms with E-state index in [1.807, 2.05) is 12.3 Å². The zero-order chi connectivity index (χ0) is 10.8. The highest BCUT2D eigenvalue weighted by molar-refractivity contribution is 9.10. The van der Waals surface area contributed by atoms with Gasteiger partial charge in [-0.1, -0.05) is 0 Å².